The molecule has 0 fully saturated rings. The number of carboxylic acids is 1. The summed E-state index contributed by atoms with van der Waals surface area (Å²) in [7, 11) is 0. The van der Waals surface area contributed by atoms with E-state index in [0.717, 1.165) is 0 Å². The van der Waals surface area contributed by atoms with E-state index in [2.05, 4.69) is 0 Å². The summed E-state index contributed by atoms with van der Waals surface area (Å²) in [6.45, 7) is 1.34. The normalized spacial score (nSPS) is 11.7. The molecule has 0 aliphatic heterocycles. The van der Waals surface area contributed by atoms with Gasteiger partial charge in [-0.2, -0.15) is 0 Å². The molecule has 0 saturated carbocycles. The molecule has 0 heterocycles. The van der Waals surface area contributed by atoms with Gasteiger partial charge in [-0.05, 0) is 6.92 Å². The Morgan fingerprint density at radius 2 is 2.00 bits per heavy atom. The van der Waals surface area contributed by atoms with E-state index in [-0.39, 0.29) is 18.9 Å². The van der Waals surface area contributed by atoms with Gasteiger partial charge in [-0.1, -0.05) is 0 Å². The van der Waals surface area contributed by atoms with E-state index in [1.807, 2.05) is 0 Å². The van der Waals surface area contributed by atoms with Crippen molar-refractivity contribution < 1.29 is 28.8 Å². The van der Waals surface area contributed by atoms with Gasteiger partial charge >= 0.3 is 18.9 Å². The molecule has 0 N–H and O–H groups in total. The zero-order valence-corrected chi connectivity index (χ0v) is 5.03. The summed E-state index contributed by atoms with van der Waals surface area (Å²) in [5.41, 5.74) is 0. The van der Waals surface area contributed by atoms with Crippen molar-refractivity contribution in [3.05, 3.63) is 0 Å². The first-order chi connectivity index (χ1) is 2.64. The Bertz CT molecular complexity index is 64.0. The van der Waals surface area contributed by atoms with Crippen molar-refractivity contribution in [2.75, 3.05) is 0 Å². The van der Waals surface area contributed by atoms with Crippen LogP contribution in [-0.2, 0) is 4.79 Å². The molecule has 0 aromatic rings. The number of halogens is 1. The Balaban J connectivity index is 0. The van der Waals surface area contributed by atoms with Crippen molar-refractivity contribution in [1.82, 2.24) is 0 Å². The number of carbonyl (C=O) groups excluding carboxylic acids is 1. The molecule has 36 valence electrons. The van der Waals surface area contributed by atoms with Crippen LogP contribution < -0.4 is 24.0 Å². The van der Waals surface area contributed by atoms with Crippen LogP contribution in [0.1, 0.15) is 6.92 Å². The van der Waals surface area contributed by atoms with Crippen molar-refractivity contribution in [1.29, 1.82) is 0 Å². The van der Waals surface area contributed by atoms with Crippen LogP contribution in [0, 0.1) is 0 Å². The van der Waals surface area contributed by atoms with Crippen LogP contribution in [0.3, 0.4) is 0 Å². The molecule has 7 heavy (non-hydrogen) atoms. The molecule has 0 aromatic heterocycles. The minimum Gasteiger partial charge on any atom is -0.549 e. The number of aliphatic carboxylic acids is 1. The van der Waals surface area contributed by atoms with Crippen LogP contribution in [0.5, 0.6) is 0 Å². The Labute approximate surface area is 59.0 Å². The quantitative estimate of drug-likeness (QED) is 0.261. The fourth-order valence-corrected chi connectivity index (χ4v) is 0. The predicted octanol–water partition coefficient (Wildman–Crippen LogP) is -3.63. The van der Waals surface area contributed by atoms with E-state index in [9.17, 15) is 9.90 Å². The largest absolute Gasteiger partial charge is 1.00 e. The van der Waals surface area contributed by atoms with E-state index in [1.165, 1.54) is 6.92 Å². The molecule has 0 aliphatic rings. The van der Waals surface area contributed by atoms with Crippen LogP contribution in [0.15, 0.2) is 0 Å². The van der Waals surface area contributed by atoms with Crippen LogP contribution in [-0.4, -0.2) is 11.3 Å². The van der Waals surface area contributed by atoms with Gasteiger partial charge in [0.15, 0.2) is 0 Å². The molecule has 0 saturated heterocycles. The maximum atomic E-state index is 9.46. The molecule has 4 heteroatoms. The maximum Gasteiger partial charge on any atom is 1.00 e. The number of carboxylic acid groups (broad SMARTS) is 1. The van der Waals surface area contributed by atoms with Crippen molar-refractivity contribution >= 4 is 17.6 Å². The zero-order valence-electron chi connectivity index (χ0n) is 4.27. The second-order valence-electron chi connectivity index (χ2n) is 0.935. The summed E-state index contributed by atoms with van der Waals surface area (Å²) >= 11 is 4.95. The van der Waals surface area contributed by atoms with Gasteiger partial charge in [-0.3, -0.25) is 0 Å². The molecule has 1 unspecified atom stereocenters. The van der Waals surface area contributed by atoms with Crippen LogP contribution in [0.25, 0.3) is 0 Å². The second kappa shape index (κ2) is 4.51. The fourth-order valence-electron chi connectivity index (χ4n) is 0. The number of hydrogen-bond acceptors (Lipinski definition) is 2. The SMILES string of the molecule is CC(Cl)C(=O)[O-].[Li+]. The molecule has 0 bridgehead atoms. The summed E-state index contributed by atoms with van der Waals surface area (Å²) in [6, 6.07) is 0. The predicted molar refractivity (Wildman–Crippen MR) is 20.3 cm³/mol. The van der Waals surface area contributed by atoms with Crippen molar-refractivity contribution in [2.45, 2.75) is 12.3 Å². The maximum absolute atomic E-state index is 9.46. The third kappa shape index (κ3) is 6.36. The molecule has 2 nitrogen and oxygen atoms in total. The average molecular weight is 114 g/mol. The molecule has 0 spiro atoms. The Morgan fingerprint density at radius 3 is 2.00 bits per heavy atom. The van der Waals surface area contributed by atoms with Crippen molar-refractivity contribution in [3.63, 3.8) is 0 Å². The first kappa shape index (κ1) is 10.4. The minimum atomic E-state index is -1.23. The number of carbonyl (C=O) groups is 1. The van der Waals surface area contributed by atoms with Crippen LogP contribution in [0.4, 0.5) is 0 Å². The first-order valence-electron chi connectivity index (χ1n) is 1.49. The van der Waals surface area contributed by atoms with Gasteiger partial charge < -0.3 is 9.90 Å². The third-order valence-electron chi connectivity index (χ3n) is 0.325. The zero-order chi connectivity index (χ0) is 5.15. The topological polar surface area (TPSA) is 40.1 Å². The molecular formula is C3H4ClLiO2. The average Bonchev–Trinajstić information content (AvgIpc) is 1.36. The molecule has 0 aromatic carbocycles. The standard InChI is InChI=1S/C3H5ClO2.Li/c1-2(4)3(5)6;/h2H,1H3,(H,5,6);/q;+1/p-1. The molecule has 0 rings (SSSR count). The summed E-state index contributed by atoms with van der Waals surface area (Å²) in [5, 5.41) is 8.59. The molecule has 0 radical (unpaired) electrons. The Kier molecular flexibility index (Phi) is 6.68. The molecular weight excluding hydrogens is 110 g/mol. The van der Waals surface area contributed by atoms with Gasteiger partial charge in [0.1, 0.15) is 0 Å². The number of rotatable bonds is 1. The van der Waals surface area contributed by atoms with Gasteiger partial charge in [0, 0.05) is 0 Å². The van der Waals surface area contributed by atoms with Gasteiger partial charge in [0.2, 0.25) is 0 Å². The number of hydrogen-bond donors (Lipinski definition) is 0. The van der Waals surface area contributed by atoms with E-state index in [0.29, 0.717) is 0 Å². The van der Waals surface area contributed by atoms with Crippen LogP contribution in [0.2, 0.25) is 0 Å². The molecule has 0 aliphatic carbocycles. The molecule has 1 atom stereocenters. The fraction of sp³-hybridized carbons (Fsp3) is 0.667. The molecule has 0 amide bonds. The summed E-state index contributed by atoms with van der Waals surface area (Å²) in [6.07, 6.45) is 0. The second-order valence-corrected chi connectivity index (χ2v) is 1.59. The Hall–Kier alpha value is 0.357. The monoisotopic (exact) mass is 114 g/mol. The van der Waals surface area contributed by atoms with E-state index in [1.54, 1.807) is 0 Å². The number of alkyl halides is 1. The summed E-state index contributed by atoms with van der Waals surface area (Å²) in [4.78, 5) is 9.46. The van der Waals surface area contributed by atoms with Crippen LogP contribution >= 0.6 is 11.6 Å². The van der Waals surface area contributed by atoms with Crippen molar-refractivity contribution in [3.8, 4) is 0 Å². The van der Waals surface area contributed by atoms with Gasteiger partial charge in [0.05, 0.1) is 11.3 Å². The van der Waals surface area contributed by atoms with E-state index < -0.39 is 11.3 Å². The summed E-state index contributed by atoms with van der Waals surface area (Å²) in [5.74, 6) is -1.23. The van der Waals surface area contributed by atoms with E-state index >= 15 is 0 Å². The minimum absolute atomic E-state index is 0. The van der Waals surface area contributed by atoms with Gasteiger partial charge in [-0.25, -0.2) is 0 Å². The van der Waals surface area contributed by atoms with E-state index in [4.69, 9.17) is 11.6 Å². The Morgan fingerprint density at radius 1 is 1.86 bits per heavy atom. The third-order valence-corrected chi connectivity index (χ3v) is 0.503. The first-order valence-corrected chi connectivity index (χ1v) is 1.93. The van der Waals surface area contributed by atoms with Gasteiger partial charge in [0.25, 0.3) is 0 Å². The smallest absolute Gasteiger partial charge is 0.549 e. The van der Waals surface area contributed by atoms with Crippen molar-refractivity contribution in [2.24, 2.45) is 0 Å². The summed E-state index contributed by atoms with van der Waals surface area (Å²) < 4.78 is 0. The van der Waals surface area contributed by atoms with Gasteiger partial charge in [-0.15, -0.1) is 11.6 Å².